The Balaban J connectivity index is 1.50. The van der Waals surface area contributed by atoms with Crippen LogP contribution in [0.5, 0.6) is 0 Å². The Hall–Kier alpha value is -1.18. The Morgan fingerprint density at radius 3 is 2.73 bits per heavy atom. The summed E-state index contributed by atoms with van der Waals surface area (Å²) in [5.74, 6) is 0.0119. The molecule has 3 rings (SSSR count). The first-order valence-electron chi connectivity index (χ1n) is 8.21. The van der Waals surface area contributed by atoms with Crippen LogP contribution >= 0.6 is 0 Å². The lowest BCUT2D eigenvalue weighted by atomic mass is 10.1. The fourth-order valence-corrected chi connectivity index (χ4v) is 3.40. The summed E-state index contributed by atoms with van der Waals surface area (Å²) in [6.45, 7) is 5.29. The second-order valence-corrected chi connectivity index (χ2v) is 6.20. The van der Waals surface area contributed by atoms with Gasteiger partial charge in [0.2, 0.25) is 11.8 Å². The molecule has 0 aromatic carbocycles. The number of ether oxygens (including phenoxy) is 2. The predicted octanol–water partition coefficient (Wildman–Crippen LogP) is -0.785. The van der Waals surface area contributed by atoms with Crippen molar-refractivity contribution in [2.24, 2.45) is 0 Å². The first-order valence-corrected chi connectivity index (χ1v) is 8.21. The highest BCUT2D eigenvalue weighted by atomic mass is 16.5. The topological polar surface area (TPSA) is 71.1 Å². The van der Waals surface area contributed by atoms with Crippen molar-refractivity contribution in [3.63, 3.8) is 0 Å². The fraction of sp³-hybridized carbons (Fsp3) is 0.867. The molecule has 0 aromatic heterocycles. The average Bonchev–Trinajstić information content (AvgIpc) is 2.98. The standard InChI is InChI=1S/C15H25N3O4/c19-14(9-18-4-2-1-3-15(18)20)16-12-10-22-11-13(12)17-5-7-21-8-6-17/h12-13H,1-11H2,(H,16,19)/t12-,13-/m0/s1. The van der Waals surface area contributed by atoms with Crippen LogP contribution in [-0.2, 0) is 19.1 Å². The lowest BCUT2D eigenvalue weighted by Crippen LogP contribution is -2.55. The number of carbonyl (C=O) groups excluding carboxylic acids is 2. The van der Waals surface area contributed by atoms with Crippen molar-refractivity contribution in [3.05, 3.63) is 0 Å². The van der Waals surface area contributed by atoms with E-state index in [-0.39, 0.29) is 30.4 Å². The van der Waals surface area contributed by atoms with Gasteiger partial charge in [0.1, 0.15) is 0 Å². The van der Waals surface area contributed by atoms with Crippen molar-refractivity contribution in [1.82, 2.24) is 15.1 Å². The summed E-state index contributed by atoms with van der Waals surface area (Å²) in [6, 6.07) is 0.218. The molecule has 3 heterocycles. The Kier molecular flexibility index (Phi) is 5.28. The van der Waals surface area contributed by atoms with Crippen LogP contribution in [0, 0.1) is 0 Å². The van der Waals surface area contributed by atoms with E-state index < -0.39 is 0 Å². The summed E-state index contributed by atoms with van der Waals surface area (Å²) in [7, 11) is 0. The third-order valence-corrected chi connectivity index (χ3v) is 4.67. The first-order chi connectivity index (χ1) is 10.7. The first kappa shape index (κ1) is 15.7. The monoisotopic (exact) mass is 311 g/mol. The summed E-state index contributed by atoms with van der Waals surface area (Å²) in [5.41, 5.74) is 0. The number of nitrogens with one attached hydrogen (secondary N) is 1. The zero-order chi connectivity index (χ0) is 15.4. The summed E-state index contributed by atoms with van der Waals surface area (Å²) < 4.78 is 10.9. The normalized spacial score (nSPS) is 30.5. The van der Waals surface area contributed by atoms with Crippen molar-refractivity contribution >= 4 is 11.8 Å². The molecule has 0 spiro atoms. The van der Waals surface area contributed by atoms with Gasteiger partial charge in [-0.05, 0) is 12.8 Å². The molecule has 7 heteroatoms. The largest absolute Gasteiger partial charge is 0.379 e. The van der Waals surface area contributed by atoms with Crippen LogP contribution in [-0.4, -0.2) is 86.3 Å². The number of piperidine rings is 1. The van der Waals surface area contributed by atoms with Gasteiger partial charge in [-0.2, -0.15) is 0 Å². The van der Waals surface area contributed by atoms with Crippen molar-refractivity contribution in [2.75, 3.05) is 52.6 Å². The highest BCUT2D eigenvalue weighted by Gasteiger charge is 2.35. The maximum atomic E-state index is 12.2. The SMILES string of the molecule is O=C(CN1CCCCC1=O)N[C@H]1COC[C@@H]1N1CCOCC1. The van der Waals surface area contributed by atoms with E-state index in [9.17, 15) is 9.59 Å². The number of morpholine rings is 1. The molecule has 0 aliphatic carbocycles. The molecule has 1 N–H and O–H groups in total. The number of hydrogen-bond acceptors (Lipinski definition) is 5. The van der Waals surface area contributed by atoms with Gasteiger partial charge in [0.15, 0.2) is 0 Å². The minimum Gasteiger partial charge on any atom is -0.379 e. The molecule has 2 atom stereocenters. The quantitative estimate of drug-likeness (QED) is 0.737. The lowest BCUT2D eigenvalue weighted by molar-refractivity contribution is -0.138. The third kappa shape index (κ3) is 3.77. The van der Waals surface area contributed by atoms with Crippen molar-refractivity contribution in [2.45, 2.75) is 31.3 Å². The van der Waals surface area contributed by atoms with Gasteiger partial charge in [0.25, 0.3) is 0 Å². The number of hydrogen-bond donors (Lipinski definition) is 1. The average molecular weight is 311 g/mol. The van der Waals surface area contributed by atoms with E-state index in [0.717, 1.165) is 39.1 Å². The maximum Gasteiger partial charge on any atom is 0.239 e. The summed E-state index contributed by atoms with van der Waals surface area (Å²) >= 11 is 0. The maximum absolute atomic E-state index is 12.2. The van der Waals surface area contributed by atoms with Gasteiger partial charge in [-0.1, -0.05) is 0 Å². The minimum absolute atomic E-state index is 0.00509. The Morgan fingerprint density at radius 2 is 1.95 bits per heavy atom. The Labute approximate surface area is 130 Å². The van der Waals surface area contributed by atoms with E-state index in [1.165, 1.54) is 0 Å². The number of nitrogens with zero attached hydrogens (tertiary/aromatic N) is 2. The predicted molar refractivity (Wildman–Crippen MR) is 79.4 cm³/mol. The van der Waals surface area contributed by atoms with Gasteiger partial charge in [-0.25, -0.2) is 0 Å². The summed E-state index contributed by atoms with van der Waals surface area (Å²) in [6.07, 6.45) is 2.49. The minimum atomic E-state index is -0.0796. The van der Waals surface area contributed by atoms with Gasteiger partial charge < -0.3 is 19.7 Å². The smallest absolute Gasteiger partial charge is 0.239 e. The van der Waals surface area contributed by atoms with Crippen LogP contribution in [0.3, 0.4) is 0 Å². The van der Waals surface area contributed by atoms with Crippen LogP contribution in [0.2, 0.25) is 0 Å². The molecule has 3 fully saturated rings. The van der Waals surface area contributed by atoms with Gasteiger partial charge in [0, 0.05) is 26.1 Å². The molecule has 0 bridgehead atoms. The molecule has 22 heavy (non-hydrogen) atoms. The van der Waals surface area contributed by atoms with Crippen molar-refractivity contribution in [3.8, 4) is 0 Å². The molecule has 2 amide bonds. The van der Waals surface area contributed by atoms with Crippen LogP contribution in [0.25, 0.3) is 0 Å². The molecule has 3 saturated heterocycles. The van der Waals surface area contributed by atoms with E-state index in [4.69, 9.17) is 9.47 Å². The Bertz CT molecular complexity index is 412. The molecule has 7 nitrogen and oxygen atoms in total. The highest BCUT2D eigenvalue weighted by Crippen LogP contribution is 2.15. The summed E-state index contributed by atoms with van der Waals surface area (Å²) in [5, 5.41) is 3.05. The van der Waals surface area contributed by atoms with Gasteiger partial charge in [0.05, 0.1) is 45.1 Å². The van der Waals surface area contributed by atoms with Crippen molar-refractivity contribution in [1.29, 1.82) is 0 Å². The van der Waals surface area contributed by atoms with Crippen LogP contribution in [0.4, 0.5) is 0 Å². The molecular formula is C15H25N3O4. The van der Waals surface area contributed by atoms with Gasteiger partial charge in [-0.15, -0.1) is 0 Å². The zero-order valence-corrected chi connectivity index (χ0v) is 13.0. The van der Waals surface area contributed by atoms with E-state index in [1.807, 2.05) is 0 Å². The summed E-state index contributed by atoms with van der Waals surface area (Å²) in [4.78, 5) is 28.0. The number of amides is 2. The number of rotatable bonds is 4. The zero-order valence-electron chi connectivity index (χ0n) is 13.0. The fourth-order valence-electron chi connectivity index (χ4n) is 3.40. The van der Waals surface area contributed by atoms with Crippen LogP contribution in [0.1, 0.15) is 19.3 Å². The Morgan fingerprint density at radius 1 is 1.14 bits per heavy atom. The van der Waals surface area contributed by atoms with Crippen LogP contribution in [0.15, 0.2) is 0 Å². The van der Waals surface area contributed by atoms with E-state index in [2.05, 4.69) is 10.2 Å². The van der Waals surface area contributed by atoms with Gasteiger partial charge >= 0.3 is 0 Å². The van der Waals surface area contributed by atoms with Crippen molar-refractivity contribution < 1.29 is 19.1 Å². The van der Waals surface area contributed by atoms with E-state index in [1.54, 1.807) is 4.90 Å². The molecule has 0 saturated carbocycles. The molecule has 3 aliphatic heterocycles. The van der Waals surface area contributed by atoms with Crippen LogP contribution < -0.4 is 5.32 Å². The second kappa shape index (κ2) is 7.39. The number of likely N-dealkylation sites (tertiary alicyclic amines) is 1. The molecule has 0 aromatic rings. The highest BCUT2D eigenvalue weighted by molar-refractivity contribution is 5.85. The van der Waals surface area contributed by atoms with E-state index >= 15 is 0 Å². The molecule has 3 aliphatic rings. The second-order valence-electron chi connectivity index (χ2n) is 6.20. The van der Waals surface area contributed by atoms with E-state index in [0.29, 0.717) is 26.2 Å². The van der Waals surface area contributed by atoms with Gasteiger partial charge in [-0.3, -0.25) is 14.5 Å². The molecular weight excluding hydrogens is 286 g/mol. The third-order valence-electron chi connectivity index (χ3n) is 4.67. The lowest BCUT2D eigenvalue weighted by Gasteiger charge is -2.35. The molecule has 0 unspecified atom stereocenters. The molecule has 0 radical (unpaired) electrons. The number of carbonyl (C=O) groups is 2. The molecule has 124 valence electrons.